The van der Waals surface area contributed by atoms with Gasteiger partial charge in [-0.15, -0.1) is 11.3 Å². The van der Waals surface area contributed by atoms with Crippen molar-refractivity contribution in [2.75, 3.05) is 13.1 Å². The normalized spacial score (nSPS) is 15.3. The molecule has 116 valence electrons. The molecule has 0 radical (unpaired) electrons. The predicted octanol–water partition coefficient (Wildman–Crippen LogP) is 4.79. The molecule has 0 amide bonds. The molecular formula is C17H32N2S. The summed E-state index contributed by atoms with van der Waals surface area (Å²) in [5, 5.41) is 7.13. The summed E-state index contributed by atoms with van der Waals surface area (Å²) in [5.41, 5.74) is 1.73. The second-order valence-corrected chi connectivity index (χ2v) is 8.23. The molecule has 0 aliphatic carbocycles. The topological polar surface area (TPSA) is 24.9 Å². The maximum absolute atomic E-state index is 4.87. The smallest absolute Gasteiger partial charge is 0.0934 e. The lowest BCUT2D eigenvalue weighted by Crippen LogP contribution is -2.34. The zero-order valence-electron chi connectivity index (χ0n) is 14.2. The van der Waals surface area contributed by atoms with Gasteiger partial charge in [0.25, 0.3) is 0 Å². The summed E-state index contributed by atoms with van der Waals surface area (Å²) in [6.45, 7) is 15.8. The van der Waals surface area contributed by atoms with E-state index in [4.69, 9.17) is 4.98 Å². The Bertz CT molecular complexity index is 392. The molecule has 1 rings (SSSR count). The summed E-state index contributed by atoms with van der Waals surface area (Å²) in [4.78, 5) is 4.87. The molecule has 0 aromatic carbocycles. The zero-order valence-corrected chi connectivity index (χ0v) is 15.0. The molecule has 0 saturated carbocycles. The minimum Gasteiger partial charge on any atom is -0.316 e. The van der Waals surface area contributed by atoms with E-state index >= 15 is 0 Å². The maximum atomic E-state index is 4.87. The Morgan fingerprint density at radius 1 is 1.15 bits per heavy atom. The number of nitrogens with one attached hydrogen (secondary N) is 1. The van der Waals surface area contributed by atoms with Crippen molar-refractivity contribution in [1.82, 2.24) is 10.3 Å². The van der Waals surface area contributed by atoms with Gasteiger partial charge in [-0.3, -0.25) is 0 Å². The molecule has 20 heavy (non-hydrogen) atoms. The highest BCUT2D eigenvalue weighted by molar-refractivity contribution is 7.09. The first-order chi connectivity index (χ1) is 9.30. The van der Waals surface area contributed by atoms with E-state index in [1.54, 1.807) is 0 Å². The summed E-state index contributed by atoms with van der Waals surface area (Å²) < 4.78 is 0. The van der Waals surface area contributed by atoms with E-state index in [0.717, 1.165) is 19.5 Å². The monoisotopic (exact) mass is 296 g/mol. The van der Waals surface area contributed by atoms with Gasteiger partial charge in [-0.05, 0) is 24.8 Å². The zero-order chi connectivity index (χ0) is 15.2. The van der Waals surface area contributed by atoms with Gasteiger partial charge in [-0.1, -0.05) is 48.0 Å². The summed E-state index contributed by atoms with van der Waals surface area (Å²) in [5.74, 6) is 0. The highest BCUT2D eigenvalue weighted by Gasteiger charge is 2.26. The molecule has 0 saturated heterocycles. The Labute approximate surface area is 129 Å². The van der Waals surface area contributed by atoms with Gasteiger partial charge in [0.1, 0.15) is 0 Å². The van der Waals surface area contributed by atoms with Gasteiger partial charge in [-0.25, -0.2) is 4.98 Å². The molecule has 0 aliphatic rings. The molecule has 0 aliphatic heterocycles. The average molecular weight is 297 g/mol. The van der Waals surface area contributed by atoms with Crippen molar-refractivity contribution in [1.29, 1.82) is 0 Å². The van der Waals surface area contributed by atoms with Crippen molar-refractivity contribution >= 4 is 11.3 Å². The summed E-state index contributed by atoms with van der Waals surface area (Å²) >= 11 is 1.83. The van der Waals surface area contributed by atoms with Crippen LogP contribution in [0.4, 0.5) is 0 Å². The third-order valence-corrected chi connectivity index (χ3v) is 4.58. The standard InChI is InChI=1S/C17H32N2S/c1-7-9-17(6,13-18-10-8-2)11-15-19-14(12-20-15)16(3,4)5/h12,18H,7-11,13H2,1-6H3. The number of aromatic nitrogens is 1. The maximum Gasteiger partial charge on any atom is 0.0934 e. The third-order valence-electron chi connectivity index (χ3n) is 3.73. The summed E-state index contributed by atoms with van der Waals surface area (Å²) in [7, 11) is 0. The quantitative estimate of drug-likeness (QED) is 0.698. The Balaban J connectivity index is 2.71. The minimum atomic E-state index is 0.163. The van der Waals surface area contributed by atoms with E-state index in [2.05, 4.69) is 52.2 Å². The first-order valence-corrected chi connectivity index (χ1v) is 8.84. The molecule has 1 aromatic rings. The van der Waals surface area contributed by atoms with Crippen molar-refractivity contribution < 1.29 is 0 Å². The van der Waals surface area contributed by atoms with Crippen molar-refractivity contribution in [2.45, 2.75) is 72.6 Å². The van der Waals surface area contributed by atoms with Crippen LogP contribution in [0, 0.1) is 5.41 Å². The number of hydrogen-bond acceptors (Lipinski definition) is 3. The predicted molar refractivity (Wildman–Crippen MR) is 90.7 cm³/mol. The molecule has 2 nitrogen and oxygen atoms in total. The first kappa shape index (κ1) is 17.6. The van der Waals surface area contributed by atoms with Crippen LogP contribution < -0.4 is 5.32 Å². The molecule has 0 spiro atoms. The number of thiazole rings is 1. The van der Waals surface area contributed by atoms with Crippen molar-refractivity contribution in [3.63, 3.8) is 0 Å². The van der Waals surface area contributed by atoms with Gasteiger partial charge in [0.05, 0.1) is 10.7 Å². The van der Waals surface area contributed by atoms with Crippen LogP contribution in [0.1, 0.15) is 71.5 Å². The van der Waals surface area contributed by atoms with Gasteiger partial charge in [0.2, 0.25) is 0 Å². The number of hydrogen-bond donors (Lipinski definition) is 1. The fraction of sp³-hybridized carbons (Fsp3) is 0.824. The van der Waals surface area contributed by atoms with Crippen LogP contribution in [-0.4, -0.2) is 18.1 Å². The Hall–Kier alpha value is -0.410. The van der Waals surface area contributed by atoms with Crippen LogP contribution in [0.2, 0.25) is 0 Å². The van der Waals surface area contributed by atoms with Gasteiger partial charge in [0.15, 0.2) is 0 Å². The Morgan fingerprint density at radius 2 is 1.85 bits per heavy atom. The second-order valence-electron chi connectivity index (χ2n) is 7.29. The molecule has 0 bridgehead atoms. The van der Waals surface area contributed by atoms with Gasteiger partial charge in [-0.2, -0.15) is 0 Å². The molecular weight excluding hydrogens is 264 g/mol. The fourth-order valence-corrected chi connectivity index (χ4v) is 3.75. The lowest BCUT2D eigenvalue weighted by atomic mass is 9.82. The van der Waals surface area contributed by atoms with Crippen LogP contribution in [0.25, 0.3) is 0 Å². The summed E-state index contributed by atoms with van der Waals surface area (Å²) in [6.07, 6.45) is 4.79. The van der Waals surface area contributed by atoms with Gasteiger partial charge < -0.3 is 5.32 Å². The van der Waals surface area contributed by atoms with E-state index in [1.807, 2.05) is 11.3 Å². The van der Waals surface area contributed by atoms with Crippen molar-refractivity contribution in [3.8, 4) is 0 Å². The largest absolute Gasteiger partial charge is 0.316 e. The lowest BCUT2D eigenvalue weighted by Gasteiger charge is -2.29. The number of rotatable bonds is 8. The average Bonchev–Trinajstić information content (AvgIpc) is 2.77. The Kier molecular flexibility index (Phi) is 6.67. The van der Waals surface area contributed by atoms with E-state index < -0.39 is 0 Å². The highest BCUT2D eigenvalue weighted by Crippen LogP contribution is 2.31. The van der Waals surface area contributed by atoms with E-state index in [9.17, 15) is 0 Å². The molecule has 0 fully saturated rings. The number of nitrogens with zero attached hydrogens (tertiary/aromatic N) is 1. The lowest BCUT2D eigenvalue weighted by molar-refractivity contribution is 0.275. The molecule has 3 heteroatoms. The third kappa shape index (κ3) is 5.53. The molecule has 1 unspecified atom stereocenters. The van der Waals surface area contributed by atoms with Crippen LogP contribution in [0.5, 0.6) is 0 Å². The van der Waals surface area contributed by atoms with Crippen molar-refractivity contribution in [3.05, 3.63) is 16.1 Å². The summed E-state index contributed by atoms with van der Waals surface area (Å²) in [6, 6.07) is 0. The van der Waals surface area contributed by atoms with Crippen LogP contribution in [0.3, 0.4) is 0 Å². The molecule has 1 heterocycles. The highest BCUT2D eigenvalue weighted by atomic mass is 32.1. The van der Waals surface area contributed by atoms with E-state index in [-0.39, 0.29) is 5.41 Å². The fourth-order valence-electron chi connectivity index (χ4n) is 2.51. The van der Waals surface area contributed by atoms with Gasteiger partial charge >= 0.3 is 0 Å². The van der Waals surface area contributed by atoms with Crippen LogP contribution in [0.15, 0.2) is 5.38 Å². The Morgan fingerprint density at radius 3 is 2.35 bits per heavy atom. The minimum absolute atomic E-state index is 0.163. The molecule has 1 aromatic heterocycles. The van der Waals surface area contributed by atoms with E-state index in [0.29, 0.717) is 5.41 Å². The van der Waals surface area contributed by atoms with Crippen molar-refractivity contribution in [2.24, 2.45) is 5.41 Å². The van der Waals surface area contributed by atoms with Gasteiger partial charge in [0, 0.05) is 23.8 Å². The second kappa shape index (κ2) is 7.56. The molecule has 1 N–H and O–H groups in total. The SMILES string of the molecule is CCCNCC(C)(CCC)Cc1nc(C(C)(C)C)cs1. The van der Waals surface area contributed by atoms with Crippen LogP contribution in [-0.2, 0) is 11.8 Å². The molecule has 1 atom stereocenters. The first-order valence-electron chi connectivity index (χ1n) is 7.96. The van der Waals surface area contributed by atoms with Crippen LogP contribution >= 0.6 is 11.3 Å². The van der Waals surface area contributed by atoms with E-state index in [1.165, 1.54) is 30.0 Å².